The number of allylic oxidation sites excluding steroid dienone is 2. The molecule has 2 aromatic rings. The average Bonchev–Trinajstić information content (AvgIpc) is 3.53. The largest absolute Gasteiger partial charge is 0.442 e. The van der Waals surface area contributed by atoms with Crippen LogP contribution in [0.4, 0.5) is 14.9 Å². The van der Waals surface area contributed by atoms with Gasteiger partial charge < -0.3 is 39.0 Å². The molecule has 3 heterocycles. The summed E-state index contributed by atoms with van der Waals surface area (Å²) < 4.78 is 22.6. The topological polar surface area (TPSA) is 129 Å². The molecule has 2 amide bonds. The van der Waals surface area contributed by atoms with E-state index in [0.717, 1.165) is 31.4 Å². The highest BCUT2D eigenvalue weighted by Gasteiger charge is 2.27. The zero-order chi connectivity index (χ0) is 37.6. The lowest BCUT2D eigenvalue weighted by Gasteiger charge is -2.36. The maximum atomic E-state index is 14.9. The molecule has 5 atom stereocenters. The minimum absolute atomic E-state index is 0.0114. The molecule has 0 unspecified atom stereocenters. The standard InChI is InChI=1S/C39H55FN6O6/c1-29(8-10-37(30(2)7-9-35(49)11-22-47)52-39(51)45-14-6-13-42(4)16-17-45)36(28-48)31(3)23-32-24-33(40)26-34(25-32)43-18-20-44(21-19-43)38(50)27-46-15-5-12-41-46/h5,8,10,12,15,22-26,28-30,35-37,49H,6-7,9,11,13-14,16-21,27H2,1-4H3/b10-8+,31-23+/t29-,30-,35+,36-,37-/m0/s1. The van der Waals surface area contributed by atoms with Gasteiger partial charge in [-0.3, -0.25) is 9.48 Å². The third-order valence-corrected chi connectivity index (χ3v) is 10.1. The fraction of sp³-hybridized carbons (Fsp3) is 0.564. The lowest BCUT2D eigenvalue weighted by molar-refractivity contribution is -0.132. The van der Waals surface area contributed by atoms with Crippen LogP contribution in [0.1, 0.15) is 52.0 Å². The summed E-state index contributed by atoms with van der Waals surface area (Å²) in [4.78, 5) is 57.1. The van der Waals surface area contributed by atoms with Gasteiger partial charge in [0.2, 0.25) is 5.91 Å². The molecule has 1 aromatic carbocycles. The second-order valence-corrected chi connectivity index (χ2v) is 14.2. The Balaban J connectivity index is 1.43. The molecule has 13 heteroatoms. The minimum atomic E-state index is -0.761. The molecule has 0 spiro atoms. The predicted octanol–water partition coefficient (Wildman–Crippen LogP) is 4.29. The van der Waals surface area contributed by atoms with Crippen molar-refractivity contribution in [3.63, 3.8) is 0 Å². The summed E-state index contributed by atoms with van der Waals surface area (Å²) in [5.74, 6) is -1.35. The monoisotopic (exact) mass is 722 g/mol. The SMILES string of the molecule is C/C(=C\c1cc(F)cc(N2CCN(C(=O)Cn3cccn3)CC2)c1)[C@@H](C=O)[C@@H](C)/C=C/[C@H](OC(=O)N1CCCN(C)CC1)[C@@H](C)CC[C@@H](O)CC=O. The minimum Gasteiger partial charge on any atom is -0.442 e. The number of aromatic nitrogens is 2. The molecule has 2 fully saturated rings. The number of likely N-dealkylation sites (N-methyl/N-ethyl adjacent to an activating group) is 1. The van der Waals surface area contributed by atoms with E-state index < -0.39 is 30.0 Å². The number of halogens is 1. The highest BCUT2D eigenvalue weighted by Crippen LogP contribution is 2.27. The van der Waals surface area contributed by atoms with Crippen molar-refractivity contribution < 1.29 is 33.4 Å². The number of aliphatic hydroxyl groups excluding tert-OH is 1. The molecule has 0 aliphatic carbocycles. The van der Waals surface area contributed by atoms with Crippen LogP contribution in [0.2, 0.25) is 0 Å². The van der Waals surface area contributed by atoms with Gasteiger partial charge in [-0.1, -0.05) is 31.6 Å². The number of anilines is 1. The van der Waals surface area contributed by atoms with Crippen LogP contribution in [-0.2, 0) is 25.7 Å². The molecule has 2 saturated heterocycles. The third kappa shape index (κ3) is 12.1. The molecule has 2 aliphatic heterocycles. The molecule has 52 heavy (non-hydrogen) atoms. The second kappa shape index (κ2) is 20.0. The fourth-order valence-electron chi connectivity index (χ4n) is 6.73. The van der Waals surface area contributed by atoms with E-state index in [1.165, 1.54) is 12.1 Å². The van der Waals surface area contributed by atoms with Gasteiger partial charge in [-0.05, 0) is 87.5 Å². The lowest BCUT2D eigenvalue weighted by Crippen LogP contribution is -2.49. The third-order valence-electron chi connectivity index (χ3n) is 10.1. The number of carbonyl (C=O) groups is 4. The first-order valence-electron chi connectivity index (χ1n) is 18.4. The van der Waals surface area contributed by atoms with Crippen molar-refractivity contribution in [2.45, 2.75) is 65.2 Å². The summed E-state index contributed by atoms with van der Waals surface area (Å²) in [6.45, 7) is 10.9. The van der Waals surface area contributed by atoms with Crippen molar-refractivity contribution in [1.82, 2.24) is 24.5 Å². The number of rotatable bonds is 16. The van der Waals surface area contributed by atoms with Crippen molar-refractivity contribution in [3.05, 3.63) is 65.8 Å². The zero-order valence-corrected chi connectivity index (χ0v) is 31.0. The van der Waals surface area contributed by atoms with Crippen molar-refractivity contribution in [1.29, 1.82) is 0 Å². The van der Waals surface area contributed by atoms with Gasteiger partial charge in [-0.15, -0.1) is 0 Å². The van der Waals surface area contributed by atoms with Gasteiger partial charge in [-0.25, -0.2) is 9.18 Å². The first-order chi connectivity index (χ1) is 25.0. The number of piperazine rings is 1. The van der Waals surface area contributed by atoms with Crippen molar-refractivity contribution in [3.8, 4) is 0 Å². The van der Waals surface area contributed by atoms with Crippen molar-refractivity contribution in [2.75, 3.05) is 64.3 Å². The van der Waals surface area contributed by atoms with E-state index in [4.69, 9.17) is 4.74 Å². The summed E-state index contributed by atoms with van der Waals surface area (Å²) in [6.07, 6.45) is 10.6. The smallest absolute Gasteiger partial charge is 0.410 e. The number of benzene rings is 1. The van der Waals surface area contributed by atoms with Crippen LogP contribution in [0, 0.1) is 23.6 Å². The van der Waals surface area contributed by atoms with Crippen LogP contribution in [-0.4, -0.2) is 126 Å². The van der Waals surface area contributed by atoms with Gasteiger partial charge in [0.15, 0.2) is 0 Å². The summed E-state index contributed by atoms with van der Waals surface area (Å²) >= 11 is 0. The van der Waals surface area contributed by atoms with Gasteiger partial charge in [0.05, 0.1) is 6.10 Å². The Morgan fingerprint density at radius 3 is 2.42 bits per heavy atom. The number of aliphatic hydroxyl groups is 1. The molecule has 12 nitrogen and oxygen atoms in total. The van der Waals surface area contributed by atoms with Crippen LogP contribution in [0.25, 0.3) is 6.08 Å². The van der Waals surface area contributed by atoms with Crippen LogP contribution in [0.3, 0.4) is 0 Å². The summed E-state index contributed by atoms with van der Waals surface area (Å²) in [5, 5.41) is 14.3. The molecule has 1 aromatic heterocycles. The highest BCUT2D eigenvalue weighted by atomic mass is 19.1. The number of hydrogen-bond acceptors (Lipinski definition) is 9. The van der Waals surface area contributed by atoms with Gasteiger partial charge in [0, 0.05) is 76.2 Å². The molecule has 2 aliphatic rings. The number of hydrogen-bond donors (Lipinski definition) is 1. The van der Waals surface area contributed by atoms with E-state index in [1.54, 1.807) is 32.9 Å². The first-order valence-corrected chi connectivity index (χ1v) is 18.4. The number of amides is 2. The summed E-state index contributed by atoms with van der Waals surface area (Å²) in [5.41, 5.74) is 2.09. The lowest BCUT2D eigenvalue weighted by atomic mass is 9.86. The second-order valence-electron chi connectivity index (χ2n) is 14.2. The number of ether oxygens (including phenoxy) is 1. The first kappa shape index (κ1) is 40.4. The van der Waals surface area contributed by atoms with Gasteiger partial charge in [0.25, 0.3) is 0 Å². The van der Waals surface area contributed by atoms with Gasteiger partial charge in [0.1, 0.15) is 31.0 Å². The van der Waals surface area contributed by atoms with Crippen LogP contribution < -0.4 is 4.90 Å². The van der Waals surface area contributed by atoms with Crippen LogP contribution in [0.5, 0.6) is 0 Å². The fourth-order valence-corrected chi connectivity index (χ4v) is 6.73. The molecule has 0 radical (unpaired) electrons. The maximum Gasteiger partial charge on any atom is 0.410 e. The summed E-state index contributed by atoms with van der Waals surface area (Å²) in [7, 11) is 2.03. The van der Waals surface area contributed by atoms with Crippen LogP contribution >= 0.6 is 0 Å². The number of carbonyl (C=O) groups excluding carboxylic acids is 4. The molecule has 4 rings (SSSR count). The molecule has 0 bridgehead atoms. The molecule has 0 saturated carbocycles. The average molecular weight is 723 g/mol. The molecule has 1 N–H and O–H groups in total. The Morgan fingerprint density at radius 1 is 0.981 bits per heavy atom. The van der Waals surface area contributed by atoms with E-state index >= 15 is 0 Å². The molecular formula is C39H55FN6O6. The number of aldehydes is 2. The molecule has 284 valence electrons. The Labute approximate surface area is 306 Å². The van der Waals surface area contributed by atoms with E-state index in [1.807, 2.05) is 52.1 Å². The Kier molecular flexibility index (Phi) is 15.6. The van der Waals surface area contributed by atoms with E-state index in [9.17, 15) is 28.7 Å². The normalized spacial score (nSPS) is 19.1. The van der Waals surface area contributed by atoms with Crippen molar-refractivity contribution >= 4 is 36.3 Å². The quantitative estimate of drug-likeness (QED) is 0.199. The maximum absolute atomic E-state index is 14.9. The Bertz CT molecular complexity index is 1520. The Morgan fingerprint density at radius 2 is 1.73 bits per heavy atom. The van der Waals surface area contributed by atoms with Crippen LogP contribution in [0.15, 0.2) is 54.4 Å². The number of nitrogens with zero attached hydrogens (tertiary/aromatic N) is 6. The zero-order valence-electron chi connectivity index (χ0n) is 31.0. The van der Waals surface area contributed by atoms with Gasteiger partial charge >= 0.3 is 6.09 Å². The van der Waals surface area contributed by atoms with E-state index in [-0.39, 0.29) is 30.7 Å². The summed E-state index contributed by atoms with van der Waals surface area (Å²) in [6, 6.07) is 6.60. The molecular weight excluding hydrogens is 667 g/mol. The van der Waals surface area contributed by atoms with Crippen molar-refractivity contribution in [2.24, 2.45) is 17.8 Å². The predicted molar refractivity (Wildman–Crippen MR) is 198 cm³/mol. The van der Waals surface area contributed by atoms with E-state index in [2.05, 4.69) is 14.9 Å². The Hall–Kier alpha value is -4.36. The van der Waals surface area contributed by atoms with E-state index in [0.29, 0.717) is 69.6 Å². The highest BCUT2D eigenvalue weighted by molar-refractivity contribution is 5.76. The van der Waals surface area contributed by atoms with Gasteiger partial charge in [-0.2, -0.15) is 5.10 Å².